The van der Waals surface area contributed by atoms with Gasteiger partial charge >= 0.3 is 0 Å². The van der Waals surface area contributed by atoms with Gasteiger partial charge < -0.3 is 34.8 Å². The second-order valence-electron chi connectivity index (χ2n) is 14.1. The van der Waals surface area contributed by atoms with Gasteiger partial charge in [-0.3, -0.25) is 10.1 Å². The number of hydroxylamine groups is 1. The Morgan fingerprint density at radius 1 is 0.879 bits per heavy atom. The second kappa shape index (κ2) is 23.5. The molecule has 5 aromatic carbocycles. The SMILES string of the molecule is CCN(C)C.CN1CCN(c2cccc(C3=C(Cc4ccccc4)ONC3)c2)CC1.O=[N+]([O-])c1cc(P(O)Nc2ccccc2)ccc1NCCSc1ccccc1. The van der Waals surface area contributed by atoms with Crippen LogP contribution in [0.5, 0.6) is 0 Å². The predicted molar refractivity (Wildman–Crippen MR) is 244 cm³/mol. The number of piperazine rings is 1. The van der Waals surface area contributed by atoms with Crippen LogP contribution >= 0.6 is 20.1 Å². The lowest BCUT2D eigenvalue weighted by Crippen LogP contribution is -2.44. The molecule has 306 valence electrons. The van der Waals surface area contributed by atoms with E-state index in [1.54, 1.807) is 23.9 Å². The summed E-state index contributed by atoms with van der Waals surface area (Å²) >= 11 is 1.68. The van der Waals surface area contributed by atoms with E-state index < -0.39 is 13.2 Å². The Bertz CT molecular complexity index is 2020. The van der Waals surface area contributed by atoms with Gasteiger partial charge in [0.2, 0.25) is 0 Å². The van der Waals surface area contributed by atoms with E-state index in [0.717, 1.165) is 67.8 Å². The Kier molecular flexibility index (Phi) is 17.9. The van der Waals surface area contributed by atoms with Gasteiger partial charge in [0, 0.05) is 78.1 Å². The summed E-state index contributed by atoms with van der Waals surface area (Å²) in [5.41, 5.74) is 9.32. The lowest BCUT2D eigenvalue weighted by molar-refractivity contribution is -0.383. The lowest BCUT2D eigenvalue weighted by Gasteiger charge is -2.34. The number of thioether (sulfide) groups is 1. The van der Waals surface area contributed by atoms with Gasteiger partial charge in [-0.2, -0.15) is 5.48 Å². The number of likely N-dealkylation sites (N-methyl/N-ethyl adjacent to an activating group) is 1. The number of para-hydroxylation sites is 1. The molecule has 11 nitrogen and oxygen atoms in total. The van der Waals surface area contributed by atoms with E-state index in [1.165, 1.54) is 28.5 Å². The molecular formula is C45H56N7O4PS. The zero-order valence-corrected chi connectivity index (χ0v) is 35.6. The number of benzene rings is 5. The molecule has 4 N–H and O–H groups in total. The van der Waals surface area contributed by atoms with Crippen molar-refractivity contribution in [2.75, 3.05) is 88.0 Å². The Morgan fingerprint density at radius 3 is 2.19 bits per heavy atom. The van der Waals surface area contributed by atoms with Crippen molar-refractivity contribution in [2.45, 2.75) is 18.2 Å². The number of hydrogen-bond acceptors (Lipinski definition) is 11. The van der Waals surface area contributed by atoms with Crippen LogP contribution in [0.25, 0.3) is 5.57 Å². The van der Waals surface area contributed by atoms with Crippen molar-refractivity contribution >= 4 is 53.7 Å². The van der Waals surface area contributed by atoms with Crippen LogP contribution in [0.15, 0.2) is 144 Å². The highest BCUT2D eigenvalue weighted by molar-refractivity contribution is 7.99. The zero-order valence-electron chi connectivity index (χ0n) is 33.9. The second-order valence-corrected chi connectivity index (χ2v) is 16.6. The monoisotopic (exact) mass is 821 g/mol. The van der Waals surface area contributed by atoms with Crippen LogP contribution in [-0.2, 0) is 11.3 Å². The van der Waals surface area contributed by atoms with E-state index in [2.05, 4.69) is 107 Å². The average Bonchev–Trinajstić information content (AvgIpc) is 3.72. The summed E-state index contributed by atoms with van der Waals surface area (Å²) in [6.45, 7) is 9.03. The van der Waals surface area contributed by atoms with Crippen molar-refractivity contribution in [3.05, 3.63) is 160 Å². The van der Waals surface area contributed by atoms with Gasteiger partial charge in [-0.25, -0.2) is 0 Å². The van der Waals surface area contributed by atoms with Crippen LogP contribution in [0.2, 0.25) is 0 Å². The molecule has 0 radical (unpaired) electrons. The van der Waals surface area contributed by atoms with Crippen LogP contribution in [0.1, 0.15) is 18.1 Å². The maximum absolute atomic E-state index is 11.5. The summed E-state index contributed by atoms with van der Waals surface area (Å²) < 4.78 is 0. The molecule has 0 saturated carbocycles. The molecule has 5 aromatic rings. The third kappa shape index (κ3) is 14.2. The molecule has 0 bridgehead atoms. The first-order valence-corrected chi connectivity index (χ1v) is 21.8. The number of allylic oxidation sites excluding steroid dienone is 1. The Labute approximate surface area is 349 Å². The fourth-order valence-corrected chi connectivity index (χ4v) is 7.79. The molecule has 2 aliphatic rings. The van der Waals surface area contributed by atoms with Crippen molar-refractivity contribution in [3.63, 3.8) is 0 Å². The highest BCUT2D eigenvalue weighted by atomic mass is 32.2. The third-order valence-electron chi connectivity index (χ3n) is 9.54. The number of nitrogens with one attached hydrogen (secondary N) is 3. The van der Waals surface area contributed by atoms with E-state index in [4.69, 9.17) is 4.84 Å². The molecule has 0 amide bonds. The quantitative estimate of drug-likeness (QED) is 0.0285. The van der Waals surface area contributed by atoms with Crippen LogP contribution < -0.4 is 26.1 Å². The van der Waals surface area contributed by atoms with Gasteiger partial charge in [-0.05, 0) is 87.3 Å². The molecule has 2 heterocycles. The average molecular weight is 822 g/mol. The van der Waals surface area contributed by atoms with Gasteiger partial charge in [0.1, 0.15) is 11.4 Å². The van der Waals surface area contributed by atoms with Crippen LogP contribution in [-0.4, -0.2) is 92.3 Å². The minimum Gasteiger partial charge on any atom is -0.412 e. The van der Waals surface area contributed by atoms with Gasteiger partial charge in [0.15, 0.2) is 8.30 Å². The summed E-state index contributed by atoms with van der Waals surface area (Å²) in [6.07, 6.45) is 0.821. The highest BCUT2D eigenvalue weighted by Crippen LogP contribution is 2.34. The van der Waals surface area contributed by atoms with Crippen molar-refractivity contribution < 1.29 is 14.7 Å². The standard InChI is InChI=1S/C21H25N3O.C20H20N3O3PS.C4H11N/c1-23-10-12-24(13-11-23)19-9-5-8-18(15-19)20-16-22-25-21(20)14-17-6-3-2-4-7-17;24-23(25)20-15-17(27(26)22-16-7-3-1-4-8-16)11-12-19(20)21-13-14-28-18-9-5-2-6-10-18;1-4-5(2)3/h2-9,15,22H,10-14,16H2,1H3;1-12,15,21-22,26H,13-14H2;4H2,1-3H3. The fraction of sp³-hybridized carbons (Fsp3) is 0.289. The molecule has 1 unspecified atom stereocenters. The Balaban J connectivity index is 0.000000199. The summed E-state index contributed by atoms with van der Waals surface area (Å²) in [7, 11) is 4.56. The molecule has 1 saturated heterocycles. The van der Waals surface area contributed by atoms with E-state index in [9.17, 15) is 15.0 Å². The van der Waals surface area contributed by atoms with Crippen LogP contribution in [0.4, 0.5) is 22.7 Å². The lowest BCUT2D eigenvalue weighted by atomic mass is 10.0. The molecular weight excluding hydrogens is 766 g/mol. The Morgan fingerprint density at radius 2 is 1.53 bits per heavy atom. The molecule has 1 atom stereocenters. The normalized spacial score (nSPS) is 14.4. The predicted octanol–water partition coefficient (Wildman–Crippen LogP) is 8.34. The number of anilines is 3. The van der Waals surface area contributed by atoms with E-state index in [1.807, 2.05) is 66.7 Å². The molecule has 0 aromatic heterocycles. The number of nitro benzene ring substituents is 1. The van der Waals surface area contributed by atoms with Crippen molar-refractivity contribution in [2.24, 2.45) is 0 Å². The summed E-state index contributed by atoms with van der Waals surface area (Å²) in [5, 5.41) is 18.1. The van der Waals surface area contributed by atoms with Crippen molar-refractivity contribution in [1.29, 1.82) is 0 Å². The van der Waals surface area contributed by atoms with Gasteiger partial charge in [-0.15, -0.1) is 11.8 Å². The molecule has 0 aliphatic carbocycles. The molecule has 13 heteroatoms. The molecule has 2 aliphatic heterocycles. The summed E-state index contributed by atoms with van der Waals surface area (Å²) in [6, 6.07) is 43.4. The van der Waals surface area contributed by atoms with Gasteiger partial charge in [-0.1, -0.05) is 85.8 Å². The maximum Gasteiger partial charge on any atom is 0.293 e. The molecule has 0 spiro atoms. The van der Waals surface area contributed by atoms with Crippen LogP contribution in [0, 0.1) is 10.1 Å². The van der Waals surface area contributed by atoms with Crippen molar-refractivity contribution in [3.8, 4) is 0 Å². The minimum atomic E-state index is -1.74. The first-order valence-electron chi connectivity index (χ1n) is 19.5. The minimum absolute atomic E-state index is 0.0429. The Hall–Kier alpha value is -4.94. The highest BCUT2D eigenvalue weighted by Gasteiger charge is 2.21. The number of hydrogen-bond donors (Lipinski definition) is 4. The van der Waals surface area contributed by atoms with E-state index in [-0.39, 0.29) is 5.69 Å². The van der Waals surface area contributed by atoms with Gasteiger partial charge in [0.05, 0.1) is 11.5 Å². The van der Waals surface area contributed by atoms with E-state index in [0.29, 0.717) is 17.5 Å². The zero-order chi connectivity index (χ0) is 41.1. The first kappa shape index (κ1) is 44.2. The summed E-state index contributed by atoms with van der Waals surface area (Å²) in [5.74, 6) is 1.81. The summed E-state index contributed by atoms with van der Waals surface area (Å²) in [4.78, 5) is 35.3. The number of nitrogens with zero attached hydrogens (tertiary/aromatic N) is 4. The molecule has 58 heavy (non-hydrogen) atoms. The molecule has 7 rings (SSSR count). The largest absolute Gasteiger partial charge is 0.412 e. The topological polar surface area (TPSA) is 118 Å². The number of nitro groups is 1. The third-order valence-corrected chi connectivity index (χ3v) is 11.8. The van der Waals surface area contributed by atoms with Crippen LogP contribution in [0.3, 0.4) is 0 Å². The van der Waals surface area contributed by atoms with Crippen molar-refractivity contribution in [1.82, 2.24) is 15.3 Å². The number of rotatable bonds is 14. The van der Waals surface area contributed by atoms with E-state index >= 15 is 0 Å². The molecule has 1 fully saturated rings. The smallest absolute Gasteiger partial charge is 0.293 e. The fourth-order valence-electron chi connectivity index (χ4n) is 6.02. The first-order chi connectivity index (χ1) is 28.2. The maximum atomic E-state index is 11.5. The van der Waals surface area contributed by atoms with Gasteiger partial charge in [0.25, 0.3) is 5.69 Å².